The molecule has 5 heteroatoms. The van der Waals surface area contributed by atoms with Crippen LogP contribution in [0.3, 0.4) is 0 Å². The molecule has 0 atom stereocenters. The van der Waals surface area contributed by atoms with Gasteiger partial charge >= 0.3 is 0 Å². The van der Waals surface area contributed by atoms with E-state index >= 15 is 0 Å². The number of nitrogens with zero attached hydrogens (tertiary/aromatic N) is 4. The quantitative estimate of drug-likeness (QED) is 0.168. The highest BCUT2D eigenvalue weighted by atomic mass is 28.3. The number of rotatable bonds is 4. The highest BCUT2D eigenvalue weighted by molar-refractivity contribution is 7.03. The molecule has 4 nitrogen and oxygen atoms in total. The first-order valence-corrected chi connectivity index (χ1v) is 22.7. The lowest BCUT2D eigenvalue weighted by atomic mass is 9.98. The Hall–Kier alpha value is -7.08. The fourth-order valence-corrected chi connectivity index (χ4v) is 12.4. The molecule has 268 valence electrons. The van der Waals surface area contributed by atoms with Gasteiger partial charge in [-0.1, -0.05) is 140 Å². The summed E-state index contributed by atoms with van der Waals surface area (Å²) in [5.41, 5.74) is 12.7. The van der Waals surface area contributed by atoms with E-state index in [0.29, 0.717) is 0 Å². The van der Waals surface area contributed by atoms with Gasteiger partial charge in [-0.05, 0) is 87.2 Å². The van der Waals surface area contributed by atoms with E-state index in [9.17, 15) is 0 Å². The molecule has 0 saturated heterocycles. The van der Waals surface area contributed by atoms with Gasteiger partial charge in [0.25, 0.3) is 0 Å². The fourth-order valence-electron chi connectivity index (χ4n) is 9.53. The van der Waals surface area contributed by atoms with Crippen molar-refractivity contribution in [2.75, 3.05) is 0 Å². The molecule has 0 radical (unpaired) electrons. The predicted molar refractivity (Wildman–Crippen MR) is 241 cm³/mol. The van der Waals surface area contributed by atoms with Crippen LogP contribution < -0.4 is 10.5 Å². The maximum absolute atomic E-state index is 5.62. The Bertz CT molecular complexity index is 3430. The molecule has 0 aliphatic carbocycles. The van der Waals surface area contributed by atoms with E-state index in [-0.39, 0.29) is 0 Å². The van der Waals surface area contributed by atoms with E-state index in [0.717, 1.165) is 28.2 Å². The van der Waals surface area contributed by atoms with Crippen LogP contribution in [-0.4, -0.2) is 27.2 Å². The van der Waals surface area contributed by atoms with Gasteiger partial charge in [0.15, 0.2) is 0 Å². The minimum absolute atomic E-state index is 0.722. The average Bonchev–Trinajstić information content (AvgIpc) is 3.85. The van der Waals surface area contributed by atoms with Crippen molar-refractivity contribution in [3.8, 4) is 45.1 Å². The molecule has 0 N–H and O–H groups in total. The molecule has 0 fully saturated rings. The molecule has 12 rings (SSSR count). The lowest BCUT2D eigenvalue weighted by Gasteiger charge is -2.19. The van der Waals surface area contributed by atoms with Crippen molar-refractivity contribution in [3.05, 3.63) is 182 Å². The van der Waals surface area contributed by atoms with Gasteiger partial charge in [0.2, 0.25) is 5.95 Å². The van der Waals surface area contributed by atoms with Crippen molar-refractivity contribution >= 4 is 73.0 Å². The van der Waals surface area contributed by atoms with Gasteiger partial charge in [-0.25, -0.2) is 9.97 Å². The Kier molecular flexibility index (Phi) is 6.75. The Morgan fingerprint density at radius 1 is 0.421 bits per heavy atom. The van der Waals surface area contributed by atoms with Gasteiger partial charge in [0.1, 0.15) is 8.07 Å². The Morgan fingerprint density at radius 3 is 1.61 bits per heavy atom. The lowest BCUT2D eigenvalue weighted by Crippen LogP contribution is -2.51. The van der Waals surface area contributed by atoms with Crippen molar-refractivity contribution < 1.29 is 0 Å². The highest BCUT2D eigenvalue weighted by Gasteiger charge is 2.42. The molecular formula is C52H36N4Si. The van der Waals surface area contributed by atoms with Crippen LogP contribution in [0.2, 0.25) is 13.1 Å². The molecule has 1 aliphatic heterocycles. The average molecular weight is 745 g/mol. The van der Waals surface area contributed by atoms with E-state index in [4.69, 9.17) is 9.97 Å². The van der Waals surface area contributed by atoms with Gasteiger partial charge < -0.3 is 4.57 Å². The summed E-state index contributed by atoms with van der Waals surface area (Å²) in [4.78, 5) is 11.2. The summed E-state index contributed by atoms with van der Waals surface area (Å²) < 4.78 is 4.67. The third kappa shape index (κ3) is 4.67. The van der Waals surface area contributed by atoms with E-state index in [1.54, 1.807) is 0 Å². The number of hydrogen-bond donors (Lipinski definition) is 0. The molecule has 57 heavy (non-hydrogen) atoms. The maximum atomic E-state index is 5.62. The summed E-state index contributed by atoms with van der Waals surface area (Å²) in [7, 11) is -2.22. The SMILES string of the molecule is C[Si]1(C)c2cc3ccccc3cc2-c2c(-c3ccccc3)nc(-n3c4ccccc4c4cc(-c5ccc6c(c5)c5ccccc5n6-c5ccccc5)ccc43)nc21. The van der Waals surface area contributed by atoms with Crippen LogP contribution in [-0.2, 0) is 0 Å². The highest BCUT2D eigenvalue weighted by Crippen LogP contribution is 2.40. The van der Waals surface area contributed by atoms with Crippen LogP contribution in [0, 0.1) is 0 Å². The third-order valence-electron chi connectivity index (χ3n) is 12.3. The van der Waals surface area contributed by atoms with Crippen molar-refractivity contribution in [2.24, 2.45) is 0 Å². The van der Waals surface area contributed by atoms with Crippen molar-refractivity contribution in [3.63, 3.8) is 0 Å². The van der Waals surface area contributed by atoms with Crippen LogP contribution in [0.5, 0.6) is 0 Å². The normalized spacial score (nSPS) is 13.2. The summed E-state index contributed by atoms with van der Waals surface area (Å²) >= 11 is 0. The van der Waals surface area contributed by atoms with Gasteiger partial charge in [-0.2, -0.15) is 0 Å². The van der Waals surface area contributed by atoms with Crippen molar-refractivity contribution in [1.82, 2.24) is 19.1 Å². The summed E-state index contributed by atoms with van der Waals surface area (Å²) in [6.45, 7) is 4.90. The second-order valence-electron chi connectivity index (χ2n) is 15.8. The Labute approximate surface area is 331 Å². The molecule has 0 bridgehead atoms. The standard InChI is InChI=1S/C52H36N4Si/c1-57(2)48-32-35-18-10-9-17-34(35)31-43(48)49-50(33-15-5-3-6-16-33)53-52(54-51(49)57)56-45-24-14-12-22-40(45)42-30-37(26-28-47(42)56)36-25-27-46-41(29-36)39-21-11-13-23-44(39)55(46)38-19-7-4-8-20-38/h3-32H,1-2H3. The molecule has 1 aliphatic rings. The second-order valence-corrected chi connectivity index (χ2v) is 20.1. The van der Waals surface area contributed by atoms with Crippen LogP contribution >= 0.6 is 0 Å². The first-order valence-electron chi connectivity index (χ1n) is 19.7. The zero-order chi connectivity index (χ0) is 37.8. The van der Waals surface area contributed by atoms with Gasteiger partial charge in [-0.15, -0.1) is 0 Å². The van der Waals surface area contributed by atoms with E-state index in [1.807, 2.05) is 0 Å². The minimum Gasteiger partial charge on any atom is -0.309 e. The summed E-state index contributed by atoms with van der Waals surface area (Å²) in [6, 6.07) is 66.1. The zero-order valence-corrected chi connectivity index (χ0v) is 32.6. The predicted octanol–water partition coefficient (Wildman–Crippen LogP) is 12.0. The van der Waals surface area contributed by atoms with Gasteiger partial charge in [-0.3, -0.25) is 4.57 Å². The van der Waals surface area contributed by atoms with E-state index in [2.05, 4.69) is 204 Å². The number of hydrogen-bond acceptors (Lipinski definition) is 2. The first kappa shape index (κ1) is 32.2. The summed E-state index contributed by atoms with van der Waals surface area (Å²) in [5.74, 6) is 0.722. The molecule has 4 heterocycles. The molecular weight excluding hydrogens is 709 g/mol. The van der Waals surface area contributed by atoms with Crippen LogP contribution in [0.4, 0.5) is 0 Å². The largest absolute Gasteiger partial charge is 0.309 e. The lowest BCUT2D eigenvalue weighted by molar-refractivity contribution is 1.01. The molecule has 0 spiro atoms. The molecule has 0 amide bonds. The number of fused-ring (bicyclic) bond motifs is 10. The van der Waals surface area contributed by atoms with Crippen LogP contribution in [0.1, 0.15) is 0 Å². The molecule has 0 unspecified atom stereocenters. The third-order valence-corrected chi connectivity index (χ3v) is 15.6. The summed E-state index contributed by atoms with van der Waals surface area (Å²) in [5, 5.41) is 10.0. The fraction of sp³-hybridized carbons (Fsp3) is 0.0385. The number of aromatic nitrogens is 4. The number of para-hydroxylation sites is 3. The zero-order valence-electron chi connectivity index (χ0n) is 31.6. The Morgan fingerprint density at radius 2 is 0.947 bits per heavy atom. The Balaban J connectivity index is 1.07. The van der Waals surface area contributed by atoms with Crippen molar-refractivity contribution in [2.45, 2.75) is 13.1 Å². The maximum Gasteiger partial charge on any atom is 0.235 e. The molecule has 8 aromatic carbocycles. The van der Waals surface area contributed by atoms with E-state index in [1.165, 1.54) is 81.8 Å². The monoisotopic (exact) mass is 744 g/mol. The molecule has 11 aromatic rings. The van der Waals surface area contributed by atoms with Crippen LogP contribution in [0.25, 0.3) is 99.5 Å². The minimum atomic E-state index is -2.22. The number of benzene rings is 8. The molecule has 3 aromatic heterocycles. The smallest absolute Gasteiger partial charge is 0.235 e. The van der Waals surface area contributed by atoms with Crippen molar-refractivity contribution in [1.29, 1.82) is 0 Å². The van der Waals surface area contributed by atoms with Gasteiger partial charge in [0, 0.05) is 43.7 Å². The second kappa shape index (κ2) is 12.0. The first-order chi connectivity index (χ1) is 28.0. The van der Waals surface area contributed by atoms with E-state index < -0.39 is 8.07 Å². The summed E-state index contributed by atoms with van der Waals surface area (Å²) in [6.07, 6.45) is 0. The topological polar surface area (TPSA) is 35.6 Å². The molecule has 0 saturated carbocycles. The van der Waals surface area contributed by atoms with Gasteiger partial charge in [0.05, 0.1) is 27.8 Å². The van der Waals surface area contributed by atoms with Crippen LogP contribution in [0.15, 0.2) is 182 Å².